The minimum atomic E-state index is -4.17. The summed E-state index contributed by atoms with van der Waals surface area (Å²) in [5.74, 6) is -0.606. The van der Waals surface area contributed by atoms with Gasteiger partial charge >= 0.3 is 5.97 Å². The molecular weight excluding hydrogens is 459 g/mol. The van der Waals surface area contributed by atoms with E-state index in [0.29, 0.717) is 24.5 Å². The number of nitrogens with zero attached hydrogens (tertiary/aromatic N) is 1. The van der Waals surface area contributed by atoms with Crippen LogP contribution in [0.5, 0.6) is 5.75 Å². The monoisotopic (exact) mass is 488 g/mol. The predicted octanol–water partition coefficient (Wildman–Crippen LogP) is 4.10. The molecule has 9 heteroatoms. The highest BCUT2D eigenvalue weighted by atomic mass is 32.2. The Labute approximate surface area is 199 Å². The first-order chi connectivity index (χ1) is 16.3. The van der Waals surface area contributed by atoms with Crippen molar-refractivity contribution in [1.29, 1.82) is 0 Å². The normalized spacial score (nSPS) is 24.0. The number of likely N-dealkylation sites (tertiary alicyclic amines) is 1. The summed E-state index contributed by atoms with van der Waals surface area (Å²) in [6, 6.07) is 6.90. The van der Waals surface area contributed by atoms with Gasteiger partial charge in [-0.05, 0) is 86.0 Å². The van der Waals surface area contributed by atoms with Gasteiger partial charge in [-0.15, -0.1) is 0 Å². The van der Waals surface area contributed by atoms with Gasteiger partial charge in [0.2, 0.25) is 0 Å². The van der Waals surface area contributed by atoms with Crippen LogP contribution in [0, 0.1) is 17.7 Å². The molecule has 2 aliphatic heterocycles. The number of carboxylic acids is 1. The Hall–Kier alpha value is -2.65. The largest absolute Gasteiger partial charge is 0.492 e. The van der Waals surface area contributed by atoms with E-state index in [1.165, 1.54) is 18.2 Å². The highest BCUT2D eigenvalue weighted by Gasteiger charge is 2.45. The van der Waals surface area contributed by atoms with Gasteiger partial charge in [-0.1, -0.05) is 13.0 Å². The molecule has 0 radical (unpaired) electrons. The number of halogens is 1. The second-order valence-corrected chi connectivity index (χ2v) is 11.2. The summed E-state index contributed by atoms with van der Waals surface area (Å²) in [6.45, 7) is 5.31. The van der Waals surface area contributed by atoms with E-state index in [1.807, 2.05) is 0 Å². The van der Waals surface area contributed by atoms with Gasteiger partial charge in [0.1, 0.15) is 17.1 Å². The number of anilines is 1. The van der Waals surface area contributed by atoms with Gasteiger partial charge in [0, 0.05) is 12.5 Å². The highest BCUT2D eigenvalue weighted by Crippen LogP contribution is 2.55. The van der Waals surface area contributed by atoms with Gasteiger partial charge in [-0.25, -0.2) is 17.6 Å². The van der Waals surface area contributed by atoms with E-state index in [1.54, 1.807) is 6.07 Å². The maximum atomic E-state index is 14.1. The minimum Gasteiger partial charge on any atom is -0.492 e. The number of hydrogen-bond acceptors (Lipinski definition) is 5. The second kappa shape index (κ2) is 8.85. The van der Waals surface area contributed by atoms with Crippen molar-refractivity contribution in [3.63, 3.8) is 0 Å². The summed E-state index contributed by atoms with van der Waals surface area (Å²) in [4.78, 5) is 14.4. The number of piperidine rings is 1. The Balaban J connectivity index is 1.46. The molecule has 2 fully saturated rings. The molecule has 2 heterocycles. The van der Waals surface area contributed by atoms with Gasteiger partial charge in [-0.3, -0.25) is 4.72 Å². The van der Waals surface area contributed by atoms with Crippen molar-refractivity contribution >= 4 is 21.7 Å². The lowest BCUT2D eigenvalue weighted by Crippen LogP contribution is -2.36. The van der Waals surface area contributed by atoms with E-state index >= 15 is 0 Å². The van der Waals surface area contributed by atoms with Crippen molar-refractivity contribution in [3.05, 3.63) is 52.8 Å². The molecule has 3 aliphatic rings. The van der Waals surface area contributed by atoms with Crippen LogP contribution in [0.3, 0.4) is 0 Å². The smallest absolute Gasteiger partial charge is 0.341 e. The van der Waals surface area contributed by atoms with Crippen LogP contribution in [0.2, 0.25) is 0 Å². The zero-order valence-corrected chi connectivity index (χ0v) is 19.9. The van der Waals surface area contributed by atoms with E-state index in [2.05, 4.69) is 16.5 Å². The summed E-state index contributed by atoms with van der Waals surface area (Å²) in [5.41, 5.74) is 0.996. The molecule has 0 amide bonds. The molecule has 0 spiro atoms. The fourth-order valence-corrected chi connectivity index (χ4v) is 6.74. The average molecular weight is 489 g/mol. The van der Waals surface area contributed by atoms with Crippen molar-refractivity contribution in [1.82, 2.24) is 4.90 Å². The first kappa shape index (κ1) is 23.1. The van der Waals surface area contributed by atoms with Crippen LogP contribution >= 0.6 is 0 Å². The number of carboxylic acid groups (broad SMARTS) is 1. The third kappa shape index (κ3) is 4.38. The number of rotatable bonds is 7. The lowest BCUT2D eigenvalue weighted by Gasteiger charge is -2.32. The number of nitrogens with one attached hydrogen (secondary N) is 1. The quantitative estimate of drug-likeness (QED) is 0.609. The summed E-state index contributed by atoms with van der Waals surface area (Å²) in [7, 11) is -4.17. The lowest BCUT2D eigenvalue weighted by atomic mass is 9.91. The van der Waals surface area contributed by atoms with Crippen molar-refractivity contribution in [2.75, 3.05) is 31.0 Å². The molecule has 3 unspecified atom stereocenters. The van der Waals surface area contributed by atoms with Crippen LogP contribution < -0.4 is 9.46 Å². The Bertz CT molecular complexity index is 1230. The summed E-state index contributed by atoms with van der Waals surface area (Å²) >= 11 is 0. The van der Waals surface area contributed by atoms with Crippen LogP contribution in [0.4, 0.5) is 10.1 Å². The molecule has 182 valence electrons. The average Bonchev–Trinajstić information content (AvgIpc) is 3.58. The van der Waals surface area contributed by atoms with Crippen LogP contribution in [0.25, 0.3) is 0 Å². The van der Waals surface area contributed by atoms with Crippen LogP contribution in [0.15, 0.2) is 35.2 Å². The predicted molar refractivity (Wildman–Crippen MR) is 125 cm³/mol. The molecule has 2 aromatic carbocycles. The zero-order valence-electron chi connectivity index (χ0n) is 19.1. The number of carbonyl (C=O) groups is 1. The van der Waals surface area contributed by atoms with E-state index in [0.717, 1.165) is 50.5 Å². The standard InChI is InChI=1S/C25H29FN2O5S/c1-2-28-9-3-4-15(13-28)10-16-11-18(26)5-8-22(16)34(31,32)27-21-7-6-19-20-12-17(20)14-33-24(19)23(21)25(29)30/h5-8,11,15,17,20,27H,2-4,9-10,12-14H2,1H3,(H,29,30). The molecule has 0 bridgehead atoms. The van der Waals surface area contributed by atoms with Gasteiger partial charge in [0.25, 0.3) is 10.0 Å². The van der Waals surface area contributed by atoms with Gasteiger partial charge in [0.05, 0.1) is 17.2 Å². The van der Waals surface area contributed by atoms with Crippen LogP contribution in [-0.2, 0) is 16.4 Å². The maximum absolute atomic E-state index is 14.1. The van der Waals surface area contributed by atoms with Gasteiger partial charge in [0.15, 0.2) is 0 Å². The molecule has 2 N–H and O–H groups in total. The van der Waals surface area contributed by atoms with Crippen molar-refractivity contribution in [2.45, 2.75) is 43.4 Å². The SMILES string of the molecule is CCN1CCCC(Cc2cc(F)ccc2S(=O)(=O)Nc2ccc3c(c2C(=O)O)OCC2CC32)C1. The van der Waals surface area contributed by atoms with E-state index in [-0.39, 0.29) is 33.7 Å². The number of aromatic carboxylic acids is 1. The molecule has 1 aliphatic carbocycles. The fraction of sp³-hybridized carbons (Fsp3) is 0.480. The number of hydrogen-bond donors (Lipinski definition) is 2. The maximum Gasteiger partial charge on any atom is 0.341 e. The molecular formula is C25H29FN2O5S. The molecule has 5 rings (SSSR count). The number of benzene rings is 2. The van der Waals surface area contributed by atoms with E-state index < -0.39 is 21.8 Å². The minimum absolute atomic E-state index is 0.0280. The zero-order chi connectivity index (χ0) is 24.0. The van der Waals surface area contributed by atoms with Gasteiger partial charge in [-0.2, -0.15) is 0 Å². The first-order valence-electron chi connectivity index (χ1n) is 11.8. The van der Waals surface area contributed by atoms with Gasteiger partial charge < -0.3 is 14.7 Å². The third-order valence-electron chi connectivity index (χ3n) is 7.28. The molecule has 3 atom stereocenters. The molecule has 2 aromatic rings. The number of sulfonamides is 1. The van der Waals surface area contributed by atoms with Crippen LogP contribution in [0.1, 0.15) is 53.6 Å². The Morgan fingerprint density at radius 3 is 2.88 bits per heavy atom. The van der Waals surface area contributed by atoms with Crippen molar-refractivity contribution in [2.24, 2.45) is 11.8 Å². The Kier molecular flexibility index (Phi) is 6.02. The van der Waals surface area contributed by atoms with E-state index in [9.17, 15) is 22.7 Å². The van der Waals surface area contributed by atoms with Crippen molar-refractivity contribution < 1.29 is 27.4 Å². The number of ether oxygens (including phenoxy) is 1. The molecule has 1 saturated carbocycles. The number of fused-ring (bicyclic) bond motifs is 3. The lowest BCUT2D eigenvalue weighted by molar-refractivity contribution is 0.0692. The van der Waals surface area contributed by atoms with Crippen LogP contribution in [-0.4, -0.2) is 50.6 Å². The molecule has 1 saturated heterocycles. The first-order valence-corrected chi connectivity index (χ1v) is 13.3. The Morgan fingerprint density at radius 1 is 1.29 bits per heavy atom. The Morgan fingerprint density at radius 2 is 2.12 bits per heavy atom. The molecule has 7 nitrogen and oxygen atoms in total. The summed E-state index contributed by atoms with van der Waals surface area (Å²) in [5, 5.41) is 9.88. The summed E-state index contributed by atoms with van der Waals surface area (Å²) in [6.07, 6.45) is 3.36. The van der Waals surface area contributed by atoms with E-state index in [4.69, 9.17) is 4.74 Å². The summed E-state index contributed by atoms with van der Waals surface area (Å²) < 4.78 is 49.2. The van der Waals surface area contributed by atoms with Crippen molar-refractivity contribution in [3.8, 4) is 5.75 Å². The second-order valence-electron chi connectivity index (χ2n) is 9.59. The molecule has 34 heavy (non-hydrogen) atoms. The highest BCUT2D eigenvalue weighted by molar-refractivity contribution is 7.92. The topological polar surface area (TPSA) is 95.9 Å². The third-order valence-corrected chi connectivity index (χ3v) is 8.75. The molecule has 0 aromatic heterocycles. The fourth-order valence-electron chi connectivity index (χ4n) is 5.43.